The molecule has 0 bridgehead atoms. The molecule has 1 amide bonds. The highest BCUT2D eigenvalue weighted by Gasteiger charge is 2.15. The second-order valence-electron chi connectivity index (χ2n) is 4.66. The van der Waals surface area contributed by atoms with Crippen LogP contribution in [0.4, 0.5) is 0 Å². The van der Waals surface area contributed by atoms with Crippen LogP contribution >= 0.6 is 0 Å². The summed E-state index contributed by atoms with van der Waals surface area (Å²) in [7, 11) is 0. The molecule has 1 N–H and O–H groups in total. The summed E-state index contributed by atoms with van der Waals surface area (Å²) >= 11 is 0. The molecule has 2 aromatic carbocycles. The van der Waals surface area contributed by atoms with Gasteiger partial charge in [0.25, 0.3) is 0 Å². The van der Waals surface area contributed by atoms with Crippen LogP contribution in [0.1, 0.15) is 12.5 Å². The standard InChI is InChI=1S/C16H17NO3/c1-2-17(11-16(19)20)15(18)10-12-7-8-13-5-3-4-6-14(13)9-12/h3-9H,2,10-11H2,1H3,(H,19,20). The number of amides is 1. The first-order valence-corrected chi connectivity index (χ1v) is 6.57. The fourth-order valence-electron chi connectivity index (χ4n) is 2.17. The number of nitrogens with zero attached hydrogens (tertiary/aromatic N) is 1. The third-order valence-corrected chi connectivity index (χ3v) is 3.23. The number of carboxylic acid groups (broad SMARTS) is 1. The maximum Gasteiger partial charge on any atom is 0.323 e. The largest absolute Gasteiger partial charge is 0.480 e. The van der Waals surface area contributed by atoms with Crippen LogP contribution in [0, 0.1) is 0 Å². The maximum atomic E-state index is 12.1. The van der Waals surface area contributed by atoms with Gasteiger partial charge < -0.3 is 10.0 Å². The van der Waals surface area contributed by atoms with Crippen molar-refractivity contribution >= 4 is 22.6 Å². The van der Waals surface area contributed by atoms with Crippen molar-refractivity contribution < 1.29 is 14.7 Å². The van der Waals surface area contributed by atoms with E-state index in [0.29, 0.717) is 6.54 Å². The summed E-state index contributed by atoms with van der Waals surface area (Å²) in [6, 6.07) is 13.8. The summed E-state index contributed by atoms with van der Waals surface area (Å²) in [5.74, 6) is -1.15. The minimum atomic E-state index is -0.987. The summed E-state index contributed by atoms with van der Waals surface area (Å²) in [5.41, 5.74) is 0.900. The van der Waals surface area contributed by atoms with Crippen molar-refractivity contribution in [2.75, 3.05) is 13.1 Å². The second kappa shape index (κ2) is 6.19. The highest BCUT2D eigenvalue weighted by molar-refractivity contribution is 5.86. The molecule has 4 nitrogen and oxygen atoms in total. The van der Waals surface area contributed by atoms with Crippen LogP contribution in [-0.4, -0.2) is 35.0 Å². The number of aliphatic carboxylic acids is 1. The Morgan fingerprint density at radius 3 is 2.45 bits per heavy atom. The van der Waals surface area contributed by atoms with Gasteiger partial charge in [-0.2, -0.15) is 0 Å². The van der Waals surface area contributed by atoms with Gasteiger partial charge in [-0.15, -0.1) is 0 Å². The molecule has 0 aliphatic carbocycles. The molecule has 104 valence electrons. The van der Waals surface area contributed by atoms with Gasteiger partial charge in [-0.1, -0.05) is 42.5 Å². The molecular formula is C16H17NO3. The first-order chi connectivity index (χ1) is 9.60. The van der Waals surface area contributed by atoms with Crippen molar-refractivity contribution in [1.29, 1.82) is 0 Å². The number of hydrogen-bond donors (Lipinski definition) is 1. The van der Waals surface area contributed by atoms with Crippen LogP contribution in [0.2, 0.25) is 0 Å². The molecule has 0 saturated carbocycles. The summed E-state index contributed by atoms with van der Waals surface area (Å²) < 4.78 is 0. The van der Waals surface area contributed by atoms with E-state index in [2.05, 4.69) is 0 Å². The lowest BCUT2D eigenvalue weighted by molar-refractivity contribution is -0.144. The molecule has 0 radical (unpaired) electrons. The molecule has 0 atom stereocenters. The maximum absolute atomic E-state index is 12.1. The molecule has 0 aromatic heterocycles. The normalized spacial score (nSPS) is 10.4. The van der Waals surface area contributed by atoms with Crippen molar-refractivity contribution in [3.05, 3.63) is 48.0 Å². The van der Waals surface area contributed by atoms with Crippen LogP contribution in [0.25, 0.3) is 10.8 Å². The van der Waals surface area contributed by atoms with Gasteiger partial charge in [-0.3, -0.25) is 9.59 Å². The third kappa shape index (κ3) is 3.35. The van der Waals surface area contributed by atoms with Gasteiger partial charge in [0.1, 0.15) is 6.54 Å². The van der Waals surface area contributed by atoms with E-state index in [1.54, 1.807) is 6.92 Å². The quantitative estimate of drug-likeness (QED) is 0.908. The Bertz CT molecular complexity index is 636. The smallest absolute Gasteiger partial charge is 0.323 e. The Morgan fingerprint density at radius 2 is 1.80 bits per heavy atom. The molecule has 2 rings (SSSR count). The molecule has 0 aliphatic rings. The first kappa shape index (κ1) is 14.1. The van der Waals surface area contributed by atoms with E-state index >= 15 is 0 Å². The van der Waals surface area contributed by atoms with E-state index in [9.17, 15) is 9.59 Å². The Morgan fingerprint density at radius 1 is 1.10 bits per heavy atom. The average Bonchev–Trinajstić information content (AvgIpc) is 2.44. The van der Waals surface area contributed by atoms with E-state index in [1.165, 1.54) is 4.90 Å². The van der Waals surface area contributed by atoms with Crippen molar-refractivity contribution in [3.63, 3.8) is 0 Å². The van der Waals surface area contributed by atoms with Gasteiger partial charge in [-0.25, -0.2) is 0 Å². The van der Waals surface area contributed by atoms with Gasteiger partial charge in [-0.05, 0) is 23.3 Å². The van der Waals surface area contributed by atoms with Crippen molar-refractivity contribution in [2.24, 2.45) is 0 Å². The fourth-order valence-corrected chi connectivity index (χ4v) is 2.17. The van der Waals surface area contributed by atoms with Crippen LogP contribution in [-0.2, 0) is 16.0 Å². The number of benzene rings is 2. The molecule has 0 saturated heterocycles. The van der Waals surface area contributed by atoms with Crippen LogP contribution in [0.5, 0.6) is 0 Å². The summed E-state index contributed by atoms with van der Waals surface area (Å²) in [6.45, 7) is 1.93. The van der Waals surface area contributed by atoms with E-state index in [4.69, 9.17) is 5.11 Å². The van der Waals surface area contributed by atoms with Crippen molar-refractivity contribution in [1.82, 2.24) is 4.90 Å². The van der Waals surface area contributed by atoms with Crippen LogP contribution in [0.15, 0.2) is 42.5 Å². The zero-order valence-electron chi connectivity index (χ0n) is 11.4. The van der Waals surface area contributed by atoms with Gasteiger partial charge in [0.15, 0.2) is 0 Å². The summed E-state index contributed by atoms with van der Waals surface area (Å²) in [5, 5.41) is 11.0. The lowest BCUT2D eigenvalue weighted by Gasteiger charge is -2.18. The second-order valence-corrected chi connectivity index (χ2v) is 4.66. The fraction of sp³-hybridized carbons (Fsp3) is 0.250. The molecule has 0 fully saturated rings. The molecule has 0 spiro atoms. The average molecular weight is 271 g/mol. The zero-order valence-corrected chi connectivity index (χ0v) is 11.4. The van der Waals surface area contributed by atoms with Gasteiger partial charge in [0.05, 0.1) is 6.42 Å². The lowest BCUT2D eigenvalue weighted by Crippen LogP contribution is -2.36. The third-order valence-electron chi connectivity index (χ3n) is 3.23. The molecule has 0 aliphatic heterocycles. The first-order valence-electron chi connectivity index (χ1n) is 6.57. The predicted octanol–water partition coefficient (Wildman–Crippen LogP) is 2.32. The number of carboxylic acids is 1. The monoisotopic (exact) mass is 271 g/mol. The van der Waals surface area contributed by atoms with Crippen LogP contribution < -0.4 is 0 Å². The topological polar surface area (TPSA) is 57.6 Å². The predicted molar refractivity (Wildman–Crippen MR) is 77.5 cm³/mol. The Labute approximate surface area is 117 Å². The highest BCUT2D eigenvalue weighted by atomic mass is 16.4. The van der Waals surface area contributed by atoms with E-state index in [1.807, 2.05) is 42.5 Å². The minimum absolute atomic E-state index is 0.162. The highest BCUT2D eigenvalue weighted by Crippen LogP contribution is 2.16. The van der Waals surface area contributed by atoms with Crippen LogP contribution in [0.3, 0.4) is 0 Å². The van der Waals surface area contributed by atoms with E-state index in [-0.39, 0.29) is 18.9 Å². The number of fused-ring (bicyclic) bond motifs is 1. The van der Waals surface area contributed by atoms with Crippen molar-refractivity contribution in [3.8, 4) is 0 Å². The van der Waals surface area contributed by atoms with Crippen molar-refractivity contribution in [2.45, 2.75) is 13.3 Å². The number of rotatable bonds is 5. The number of likely N-dealkylation sites (N-methyl/N-ethyl adjacent to an activating group) is 1. The van der Waals surface area contributed by atoms with E-state index < -0.39 is 5.97 Å². The molecule has 0 heterocycles. The Kier molecular flexibility index (Phi) is 4.35. The summed E-state index contributed by atoms with van der Waals surface area (Å²) in [6.07, 6.45) is 0.228. The SMILES string of the molecule is CCN(CC(=O)O)C(=O)Cc1ccc2ccccc2c1. The minimum Gasteiger partial charge on any atom is -0.480 e. The van der Waals surface area contributed by atoms with Gasteiger partial charge in [0, 0.05) is 6.54 Å². The zero-order chi connectivity index (χ0) is 14.5. The number of carbonyl (C=O) groups is 2. The van der Waals surface area contributed by atoms with Gasteiger partial charge >= 0.3 is 5.97 Å². The molecule has 4 heteroatoms. The molecule has 2 aromatic rings. The Hall–Kier alpha value is -2.36. The number of carbonyl (C=O) groups excluding carboxylic acids is 1. The molecule has 0 unspecified atom stereocenters. The number of hydrogen-bond acceptors (Lipinski definition) is 2. The summed E-state index contributed by atoms with van der Waals surface area (Å²) in [4.78, 5) is 24.1. The Balaban J connectivity index is 2.14. The van der Waals surface area contributed by atoms with Gasteiger partial charge in [0.2, 0.25) is 5.91 Å². The molecule has 20 heavy (non-hydrogen) atoms. The lowest BCUT2D eigenvalue weighted by atomic mass is 10.0. The van der Waals surface area contributed by atoms with E-state index in [0.717, 1.165) is 16.3 Å². The molecular weight excluding hydrogens is 254 g/mol.